The molecule has 92 valence electrons. The summed E-state index contributed by atoms with van der Waals surface area (Å²) in [5.74, 6) is -0.328. The van der Waals surface area contributed by atoms with Crippen molar-refractivity contribution in [1.82, 2.24) is 0 Å². The van der Waals surface area contributed by atoms with Crippen LogP contribution in [0, 0.1) is 0 Å². The molecule has 0 aromatic carbocycles. The van der Waals surface area contributed by atoms with Crippen LogP contribution in [0.25, 0.3) is 0 Å². The third-order valence-electron chi connectivity index (χ3n) is 2.33. The van der Waals surface area contributed by atoms with Gasteiger partial charge in [0, 0.05) is 6.42 Å². The van der Waals surface area contributed by atoms with Crippen LogP contribution >= 0.6 is 0 Å². The van der Waals surface area contributed by atoms with Gasteiger partial charge in [-0.05, 0) is 18.9 Å². The molecular weight excluding hydrogens is 204 g/mol. The van der Waals surface area contributed by atoms with E-state index in [1.807, 2.05) is 6.08 Å². The predicted molar refractivity (Wildman–Crippen MR) is 64.2 cm³/mol. The van der Waals surface area contributed by atoms with Crippen LogP contribution in [-0.4, -0.2) is 18.9 Å². The molecule has 0 aliphatic rings. The van der Waals surface area contributed by atoms with Crippen LogP contribution in [0.3, 0.4) is 0 Å². The van der Waals surface area contributed by atoms with E-state index in [4.69, 9.17) is 0 Å². The quantitative estimate of drug-likeness (QED) is 0.345. The van der Waals surface area contributed by atoms with Gasteiger partial charge in [0.05, 0.1) is 13.5 Å². The molecule has 0 aliphatic heterocycles. The minimum atomic E-state index is -0.329. The largest absolute Gasteiger partial charge is 0.469 e. The van der Waals surface area contributed by atoms with Gasteiger partial charge in [0.2, 0.25) is 0 Å². The zero-order chi connectivity index (χ0) is 12.2. The highest BCUT2D eigenvalue weighted by Crippen LogP contribution is 2.03. The third-order valence-corrected chi connectivity index (χ3v) is 2.33. The maximum absolute atomic E-state index is 11.3. The average molecular weight is 226 g/mol. The lowest BCUT2D eigenvalue weighted by molar-refractivity contribution is -0.141. The molecule has 0 aromatic rings. The van der Waals surface area contributed by atoms with Crippen molar-refractivity contribution in [3.8, 4) is 0 Å². The smallest absolute Gasteiger partial charge is 0.305 e. The first kappa shape index (κ1) is 14.9. The van der Waals surface area contributed by atoms with Gasteiger partial charge in [-0.2, -0.15) is 0 Å². The Kier molecular flexibility index (Phi) is 9.67. The Morgan fingerprint density at radius 1 is 1.12 bits per heavy atom. The van der Waals surface area contributed by atoms with E-state index in [0.717, 1.165) is 12.8 Å². The second-order valence-electron chi connectivity index (χ2n) is 3.79. The molecule has 0 fully saturated rings. The molecule has 0 radical (unpaired) electrons. The molecule has 0 aliphatic carbocycles. The Hall–Kier alpha value is -1.12. The lowest BCUT2D eigenvalue weighted by Crippen LogP contribution is -2.03. The van der Waals surface area contributed by atoms with Crippen molar-refractivity contribution in [1.29, 1.82) is 0 Å². The van der Waals surface area contributed by atoms with Gasteiger partial charge in [0.1, 0.15) is 0 Å². The fourth-order valence-electron chi connectivity index (χ4n) is 1.31. The fourth-order valence-corrected chi connectivity index (χ4v) is 1.31. The van der Waals surface area contributed by atoms with Crippen molar-refractivity contribution in [2.75, 3.05) is 7.11 Å². The number of rotatable bonds is 9. The Morgan fingerprint density at radius 2 is 1.88 bits per heavy atom. The van der Waals surface area contributed by atoms with Crippen LogP contribution in [0.5, 0.6) is 0 Å². The van der Waals surface area contributed by atoms with Crippen LogP contribution in [-0.2, 0) is 14.3 Å². The number of carbonyl (C=O) groups excluding carboxylic acids is 2. The molecule has 0 bridgehead atoms. The second-order valence-corrected chi connectivity index (χ2v) is 3.79. The number of ketones is 1. The van der Waals surface area contributed by atoms with Crippen molar-refractivity contribution in [2.24, 2.45) is 0 Å². The molecule has 3 nitrogen and oxygen atoms in total. The van der Waals surface area contributed by atoms with Crippen molar-refractivity contribution in [2.45, 2.75) is 51.9 Å². The third kappa shape index (κ3) is 9.44. The minimum Gasteiger partial charge on any atom is -0.469 e. The SMILES string of the molecule is CCCCCC/C=C/C(=O)CCC(=O)OC. The Balaban J connectivity index is 3.47. The van der Waals surface area contributed by atoms with Gasteiger partial charge in [0.25, 0.3) is 0 Å². The highest BCUT2D eigenvalue weighted by molar-refractivity contribution is 5.91. The van der Waals surface area contributed by atoms with E-state index in [1.165, 1.54) is 26.4 Å². The van der Waals surface area contributed by atoms with Crippen molar-refractivity contribution in [3.63, 3.8) is 0 Å². The molecule has 3 heteroatoms. The van der Waals surface area contributed by atoms with Gasteiger partial charge in [-0.15, -0.1) is 0 Å². The first-order chi connectivity index (χ1) is 7.70. The maximum Gasteiger partial charge on any atom is 0.305 e. The zero-order valence-corrected chi connectivity index (χ0v) is 10.3. The van der Waals surface area contributed by atoms with E-state index in [1.54, 1.807) is 6.08 Å². The fraction of sp³-hybridized carbons (Fsp3) is 0.692. The summed E-state index contributed by atoms with van der Waals surface area (Å²) in [6.45, 7) is 2.17. The van der Waals surface area contributed by atoms with E-state index in [9.17, 15) is 9.59 Å². The number of ether oxygens (including phenoxy) is 1. The number of carbonyl (C=O) groups is 2. The zero-order valence-electron chi connectivity index (χ0n) is 10.3. The van der Waals surface area contributed by atoms with E-state index >= 15 is 0 Å². The average Bonchev–Trinajstić information content (AvgIpc) is 2.30. The molecule has 16 heavy (non-hydrogen) atoms. The summed E-state index contributed by atoms with van der Waals surface area (Å²) < 4.78 is 4.46. The van der Waals surface area contributed by atoms with E-state index in [2.05, 4.69) is 11.7 Å². The summed E-state index contributed by atoms with van der Waals surface area (Å²) in [6.07, 6.45) is 9.68. The second kappa shape index (κ2) is 10.4. The van der Waals surface area contributed by atoms with Crippen LogP contribution in [0.1, 0.15) is 51.9 Å². The number of hydrogen-bond donors (Lipinski definition) is 0. The standard InChI is InChI=1S/C13H22O3/c1-3-4-5-6-7-8-9-12(14)10-11-13(15)16-2/h8-9H,3-7,10-11H2,1-2H3/b9-8+. The lowest BCUT2D eigenvalue weighted by Gasteiger charge is -1.96. The summed E-state index contributed by atoms with van der Waals surface area (Å²) in [5.41, 5.74) is 0. The first-order valence-electron chi connectivity index (χ1n) is 5.97. The van der Waals surface area contributed by atoms with E-state index in [0.29, 0.717) is 0 Å². The van der Waals surface area contributed by atoms with Gasteiger partial charge >= 0.3 is 5.97 Å². The molecule has 0 saturated carbocycles. The minimum absolute atomic E-state index is 0.000825. The van der Waals surface area contributed by atoms with E-state index < -0.39 is 0 Å². The number of unbranched alkanes of at least 4 members (excludes halogenated alkanes) is 4. The molecule has 0 spiro atoms. The summed E-state index contributed by atoms with van der Waals surface area (Å²) in [5, 5.41) is 0. The van der Waals surface area contributed by atoms with Crippen molar-refractivity contribution >= 4 is 11.8 Å². The van der Waals surface area contributed by atoms with Gasteiger partial charge in [-0.1, -0.05) is 32.3 Å². The number of allylic oxidation sites excluding steroid dienone is 2. The van der Waals surface area contributed by atoms with Gasteiger partial charge in [0.15, 0.2) is 5.78 Å². The first-order valence-corrected chi connectivity index (χ1v) is 5.97. The summed E-state index contributed by atoms with van der Waals surface area (Å²) >= 11 is 0. The number of methoxy groups -OCH3 is 1. The monoisotopic (exact) mass is 226 g/mol. The molecule has 0 rings (SSSR count). The van der Waals surface area contributed by atoms with Gasteiger partial charge < -0.3 is 4.74 Å². The van der Waals surface area contributed by atoms with Crippen LogP contribution in [0.2, 0.25) is 0 Å². The van der Waals surface area contributed by atoms with E-state index in [-0.39, 0.29) is 24.6 Å². The molecule has 0 amide bonds. The number of hydrogen-bond acceptors (Lipinski definition) is 3. The summed E-state index contributed by atoms with van der Waals surface area (Å²) in [7, 11) is 1.33. The van der Waals surface area contributed by atoms with Crippen LogP contribution in [0.4, 0.5) is 0 Å². The lowest BCUT2D eigenvalue weighted by atomic mass is 10.1. The van der Waals surface area contributed by atoms with Crippen molar-refractivity contribution < 1.29 is 14.3 Å². The topological polar surface area (TPSA) is 43.4 Å². The molecule has 0 unspecified atom stereocenters. The predicted octanol–water partition coefficient (Wildman–Crippen LogP) is 3.04. The molecule has 0 heterocycles. The molecule has 0 saturated heterocycles. The Labute approximate surface area is 97.9 Å². The summed E-state index contributed by atoms with van der Waals surface area (Å²) in [4.78, 5) is 22.0. The van der Waals surface area contributed by atoms with Gasteiger partial charge in [-0.3, -0.25) is 9.59 Å². The Morgan fingerprint density at radius 3 is 2.50 bits per heavy atom. The maximum atomic E-state index is 11.3. The summed E-state index contributed by atoms with van der Waals surface area (Å²) in [6, 6.07) is 0. The highest BCUT2D eigenvalue weighted by atomic mass is 16.5. The Bertz CT molecular complexity index is 231. The number of esters is 1. The molecular formula is C13H22O3. The highest BCUT2D eigenvalue weighted by Gasteiger charge is 2.03. The van der Waals surface area contributed by atoms with Crippen LogP contribution in [0.15, 0.2) is 12.2 Å². The molecule has 0 aromatic heterocycles. The molecule has 0 N–H and O–H groups in total. The molecule has 0 atom stereocenters. The van der Waals surface area contributed by atoms with Gasteiger partial charge in [-0.25, -0.2) is 0 Å². The normalized spacial score (nSPS) is 10.6. The van der Waals surface area contributed by atoms with Crippen LogP contribution < -0.4 is 0 Å². The van der Waals surface area contributed by atoms with Crippen molar-refractivity contribution in [3.05, 3.63) is 12.2 Å².